The predicted octanol–water partition coefficient (Wildman–Crippen LogP) is 2.81. The number of methoxy groups -OCH3 is 3. The number of benzene rings is 2. The third-order valence-corrected chi connectivity index (χ3v) is 4.05. The van der Waals surface area contributed by atoms with E-state index in [9.17, 15) is 14.0 Å². The molecule has 6 nitrogen and oxygen atoms in total. The van der Waals surface area contributed by atoms with Crippen LogP contribution in [-0.4, -0.2) is 33.2 Å². The van der Waals surface area contributed by atoms with Crippen LogP contribution in [0.15, 0.2) is 42.5 Å². The second-order valence-corrected chi connectivity index (χ2v) is 5.78. The molecule has 0 aromatic heterocycles. The van der Waals surface area contributed by atoms with Gasteiger partial charge in [0.2, 0.25) is 5.91 Å². The van der Waals surface area contributed by atoms with E-state index in [2.05, 4.69) is 5.32 Å². The second kappa shape index (κ2) is 9.56. The van der Waals surface area contributed by atoms with Crippen LogP contribution in [0.3, 0.4) is 0 Å². The first-order valence-electron chi connectivity index (χ1n) is 8.30. The molecule has 27 heavy (non-hydrogen) atoms. The first-order chi connectivity index (χ1) is 13.0. The average Bonchev–Trinajstić information content (AvgIpc) is 2.68. The van der Waals surface area contributed by atoms with Gasteiger partial charge in [-0.05, 0) is 29.3 Å². The third kappa shape index (κ3) is 5.44. The molecule has 0 unspecified atom stereocenters. The van der Waals surface area contributed by atoms with Crippen LogP contribution >= 0.6 is 0 Å². The molecular weight excluding hydrogens is 353 g/mol. The number of hydrogen-bond acceptors (Lipinski definition) is 5. The molecule has 0 fully saturated rings. The molecule has 0 aliphatic heterocycles. The van der Waals surface area contributed by atoms with Gasteiger partial charge in [0.25, 0.3) is 0 Å². The maximum atomic E-state index is 13.8. The van der Waals surface area contributed by atoms with Crippen molar-refractivity contribution in [2.45, 2.75) is 18.9 Å². The van der Waals surface area contributed by atoms with Crippen LogP contribution in [0.2, 0.25) is 0 Å². The number of nitrogens with one attached hydrogen (secondary N) is 1. The van der Waals surface area contributed by atoms with Gasteiger partial charge in [0.05, 0.1) is 40.2 Å². The molecule has 0 saturated heterocycles. The van der Waals surface area contributed by atoms with Gasteiger partial charge in [-0.15, -0.1) is 0 Å². The SMILES string of the molecule is COC(=O)C[C@H](NC(=O)Cc1ccccc1F)c1ccc(OC)c(OC)c1. The van der Waals surface area contributed by atoms with Crippen molar-refractivity contribution in [2.75, 3.05) is 21.3 Å². The summed E-state index contributed by atoms with van der Waals surface area (Å²) in [6, 6.07) is 10.5. The van der Waals surface area contributed by atoms with Gasteiger partial charge in [0, 0.05) is 0 Å². The largest absolute Gasteiger partial charge is 0.493 e. The number of esters is 1. The van der Waals surface area contributed by atoms with Gasteiger partial charge < -0.3 is 19.5 Å². The highest BCUT2D eigenvalue weighted by Gasteiger charge is 2.21. The molecule has 0 radical (unpaired) electrons. The molecule has 2 aromatic carbocycles. The van der Waals surface area contributed by atoms with E-state index in [-0.39, 0.29) is 18.4 Å². The number of carbonyl (C=O) groups is 2. The molecule has 0 aliphatic rings. The fourth-order valence-electron chi connectivity index (χ4n) is 2.63. The molecule has 2 rings (SSSR count). The van der Waals surface area contributed by atoms with E-state index in [1.165, 1.54) is 27.4 Å². The molecular formula is C20H22FNO5. The fraction of sp³-hybridized carbons (Fsp3) is 0.300. The summed E-state index contributed by atoms with van der Waals surface area (Å²) in [7, 11) is 4.28. The Balaban J connectivity index is 2.22. The van der Waals surface area contributed by atoms with E-state index in [0.29, 0.717) is 17.1 Å². The summed E-state index contributed by atoms with van der Waals surface area (Å²) in [5.74, 6) is -0.364. The van der Waals surface area contributed by atoms with Gasteiger partial charge in [0.1, 0.15) is 5.82 Å². The highest BCUT2D eigenvalue weighted by atomic mass is 19.1. The van der Waals surface area contributed by atoms with E-state index >= 15 is 0 Å². The monoisotopic (exact) mass is 375 g/mol. The summed E-state index contributed by atoms with van der Waals surface area (Å²) >= 11 is 0. The molecule has 1 atom stereocenters. The predicted molar refractivity (Wildman–Crippen MR) is 97.2 cm³/mol. The standard InChI is InChI=1S/C20H22FNO5/c1-25-17-9-8-14(10-18(17)26-2)16(12-20(24)27-3)22-19(23)11-13-6-4-5-7-15(13)21/h4-10,16H,11-12H2,1-3H3,(H,22,23)/t16-/m0/s1. The van der Waals surface area contributed by atoms with Crippen molar-refractivity contribution >= 4 is 11.9 Å². The van der Waals surface area contributed by atoms with Crippen molar-refractivity contribution in [1.29, 1.82) is 0 Å². The van der Waals surface area contributed by atoms with Crippen LogP contribution in [0.4, 0.5) is 4.39 Å². The van der Waals surface area contributed by atoms with Gasteiger partial charge in [-0.3, -0.25) is 9.59 Å². The minimum Gasteiger partial charge on any atom is -0.493 e. The van der Waals surface area contributed by atoms with Gasteiger partial charge >= 0.3 is 5.97 Å². The minimum absolute atomic E-state index is 0.0744. The number of ether oxygens (including phenoxy) is 3. The summed E-state index contributed by atoms with van der Waals surface area (Å²) in [5, 5.41) is 2.76. The number of rotatable bonds is 8. The maximum Gasteiger partial charge on any atom is 0.307 e. The second-order valence-electron chi connectivity index (χ2n) is 5.78. The molecule has 1 amide bonds. The normalized spacial score (nSPS) is 11.4. The Kier molecular flexibility index (Phi) is 7.16. The summed E-state index contributed by atoms with van der Waals surface area (Å²) in [4.78, 5) is 24.2. The Morgan fingerprint density at radius 3 is 2.37 bits per heavy atom. The molecule has 0 aliphatic carbocycles. The maximum absolute atomic E-state index is 13.8. The lowest BCUT2D eigenvalue weighted by Crippen LogP contribution is -2.31. The Labute approximate surface area is 157 Å². The van der Waals surface area contributed by atoms with E-state index in [4.69, 9.17) is 14.2 Å². The van der Waals surface area contributed by atoms with Crippen molar-refractivity contribution in [3.63, 3.8) is 0 Å². The van der Waals surface area contributed by atoms with E-state index in [0.717, 1.165) is 0 Å². The zero-order valence-corrected chi connectivity index (χ0v) is 15.5. The number of hydrogen-bond donors (Lipinski definition) is 1. The molecule has 0 saturated carbocycles. The highest BCUT2D eigenvalue weighted by Crippen LogP contribution is 2.31. The topological polar surface area (TPSA) is 73.9 Å². The smallest absolute Gasteiger partial charge is 0.307 e. The van der Waals surface area contributed by atoms with Crippen molar-refractivity contribution in [3.05, 3.63) is 59.4 Å². The van der Waals surface area contributed by atoms with Gasteiger partial charge in [-0.1, -0.05) is 24.3 Å². The number of amides is 1. The Bertz CT molecular complexity index is 809. The summed E-state index contributed by atoms with van der Waals surface area (Å²) < 4.78 is 29.0. The number of carbonyl (C=O) groups excluding carboxylic acids is 2. The lowest BCUT2D eigenvalue weighted by Gasteiger charge is -2.20. The van der Waals surface area contributed by atoms with Crippen molar-refractivity contribution in [1.82, 2.24) is 5.32 Å². The van der Waals surface area contributed by atoms with Crippen molar-refractivity contribution in [3.8, 4) is 11.5 Å². The molecule has 0 spiro atoms. The molecule has 7 heteroatoms. The number of halogens is 1. The molecule has 2 aromatic rings. The zero-order valence-electron chi connectivity index (χ0n) is 15.5. The van der Waals surface area contributed by atoms with Crippen LogP contribution in [0.5, 0.6) is 11.5 Å². The highest BCUT2D eigenvalue weighted by molar-refractivity contribution is 5.80. The quantitative estimate of drug-likeness (QED) is 0.718. The third-order valence-electron chi connectivity index (χ3n) is 4.05. The van der Waals surface area contributed by atoms with Gasteiger partial charge in [-0.25, -0.2) is 4.39 Å². The first-order valence-corrected chi connectivity index (χ1v) is 8.30. The van der Waals surface area contributed by atoms with E-state index in [1.54, 1.807) is 36.4 Å². The first kappa shape index (κ1) is 20.2. The average molecular weight is 375 g/mol. The molecule has 0 heterocycles. The summed E-state index contributed by atoms with van der Waals surface area (Å²) in [6.07, 6.45) is -0.216. The lowest BCUT2D eigenvalue weighted by molar-refractivity contribution is -0.141. The fourth-order valence-corrected chi connectivity index (χ4v) is 2.63. The summed E-state index contributed by atoms with van der Waals surface area (Å²) in [6.45, 7) is 0. The van der Waals surface area contributed by atoms with Crippen LogP contribution in [0.25, 0.3) is 0 Å². The van der Waals surface area contributed by atoms with E-state index in [1.807, 2.05) is 0 Å². The Hall–Kier alpha value is -3.09. The van der Waals surface area contributed by atoms with Crippen LogP contribution in [0.1, 0.15) is 23.6 Å². The van der Waals surface area contributed by atoms with Crippen LogP contribution in [0, 0.1) is 5.82 Å². The zero-order chi connectivity index (χ0) is 19.8. The van der Waals surface area contributed by atoms with E-state index < -0.39 is 23.7 Å². The molecule has 0 bridgehead atoms. The van der Waals surface area contributed by atoms with Crippen molar-refractivity contribution < 1.29 is 28.2 Å². The Morgan fingerprint density at radius 1 is 1.04 bits per heavy atom. The summed E-state index contributed by atoms with van der Waals surface area (Å²) in [5.41, 5.74) is 0.916. The minimum atomic E-state index is -0.656. The molecule has 1 N–H and O–H groups in total. The van der Waals surface area contributed by atoms with Gasteiger partial charge in [0.15, 0.2) is 11.5 Å². The lowest BCUT2D eigenvalue weighted by atomic mass is 10.0. The van der Waals surface area contributed by atoms with Crippen LogP contribution in [-0.2, 0) is 20.7 Å². The van der Waals surface area contributed by atoms with Crippen molar-refractivity contribution in [2.24, 2.45) is 0 Å². The molecule has 144 valence electrons. The van der Waals surface area contributed by atoms with Crippen LogP contribution < -0.4 is 14.8 Å². The Morgan fingerprint density at radius 2 is 1.74 bits per heavy atom. The van der Waals surface area contributed by atoms with Gasteiger partial charge in [-0.2, -0.15) is 0 Å².